The van der Waals surface area contributed by atoms with Gasteiger partial charge in [-0.3, -0.25) is 4.52 Å². The highest BCUT2D eigenvalue weighted by molar-refractivity contribution is 7.66. The predicted molar refractivity (Wildman–Crippen MR) is 103 cm³/mol. The minimum Gasteiger partial charge on any atom is -0.369 e. The van der Waals surface area contributed by atoms with Gasteiger partial charge in [0.25, 0.3) is 0 Å². The molecule has 0 saturated carbocycles. The smallest absolute Gasteiger partial charge is 0.369 e. The zero-order valence-corrected chi connectivity index (χ0v) is 19.2. The summed E-state index contributed by atoms with van der Waals surface area (Å²) >= 11 is 12.2. The lowest BCUT2D eigenvalue weighted by Crippen LogP contribution is -2.23. The number of hydrogen-bond donors (Lipinski definition) is 4. The van der Waals surface area contributed by atoms with Crippen LogP contribution in [0.4, 0.5) is 0 Å². The molecule has 15 nitrogen and oxygen atoms in total. The van der Waals surface area contributed by atoms with Crippen LogP contribution in [0.2, 0.25) is 5.15 Å². The van der Waals surface area contributed by atoms with E-state index in [1.165, 1.54) is 12.7 Å². The van der Waals surface area contributed by atoms with E-state index in [1.807, 2.05) is 0 Å². The molecule has 1 saturated heterocycles. The topological polar surface area (TPSA) is 213 Å². The molecule has 3 rings (SSSR count). The summed E-state index contributed by atoms with van der Waals surface area (Å²) in [7, 11) is -16.3. The molecule has 2 aromatic rings. The minimum absolute atomic E-state index is 0.174. The molecule has 0 aliphatic carbocycles. The number of ether oxygens (including phenoxy) is 1. The quantitative estimate of drug-likeness (QED) is 0.201. The van der Waals surface area contributed by atoms with Crippen molar-refractivity contribution in [1.82, 2.24) is 19.5 Å². The van der Waals surface area contributed by atoms with Crippen LogP contribution in [0, 0.1) is 0 Å². The third-order valence-electron chi connectivity index (χ3n) is 3.83. The van der Waals surface area contributed by atoms with Gasteiger partial charge in [-0.1, -0.05) is 11.6 Å². The standard InChI is InChI=1S/C11H15Cl2N4O11P3/c12-7-1-6(3-25-30(21,22)28-31(23,24)27-29(18,19)20)26-8(7)2-17-5-16-9-10(13)14-4-15-11(9)17/h4-8H,1-3H2,(H,21,22)(H,23,24)(H2,18,19,20)/t6-,7-,8-/m0/s1. The second kappa shape index (κ2) is 9.40. The molecule has 1 aliphatic heterocycles. The van der Waals surface area contributed by atoms with Gasteiger partial charge in [0.2, 0.25) is 0 Å². The minimum atomic E-state index is -5.59. The summed E-state index contributed by atoms with van der Waals surface area (Å²) in [5, 5.41) is -0.364. The van der Waals surface area contributed by atoms with Crippen LogP contribution in [0.25, 0.3) is 11.2 Å². The SMILES string of the molecule is O=P(O)(O)OP(=O)(O)OP(=O)(O)OC[C@@H]1C[C@H](Cl)[C@H](Cn2cnc3c(Cl)ncnc32)O1. The molecule has 0 bridgehead atoms. The van der Waals surface area contributed by atoms with Gasteiger partial charge >= 0.3 is 23.5 Å². The summed E-state index contributed by atoms with van der Waals surface area (Å²) in [6, 6.07) is 0. The van der Waals surface area contributed by atoms with E-state index in [2.05, 4.69) is 28.1 Å². The Hall–Kier alpha value is -0.500. The Kier molecular flexibility index (Phi) is 7.62. The largest absolute Gasteiger partial charge is 0.490 e. The lowest BCUT2D eigenvalue weighted by Gasteiger charge is -2.18. The van der Waals surface area contributed by atoms with Crippen molar-refractivity contribution < 1.29 is 51.2 Å². The van der Waals surface area contributed by atoms with Crippen LogP contribution >= 0.6 is 46.7 Å². The fourth-order valence-electron chi connectivity index (χ4n) is 2.72. The third-order valence-corrected chi connectivity index (χ3v) is 8.37. The average Bonchev–Trinajstić information content (AvgIpc) is 3.15. The summed E-state index contributed by atoms with van der Waals surface area (Å²) in [4.78, 5) is 47.7. The van der Waals surface area contributed by atoms with Gasteiger partial charge in [0.05, 0.1) is 37.1 Å². The second-order valence-corrected chi connectivity index (χ2v) is 11.5. The van der Waals surface area contributed by atoms with Crippen LogP contribution in [0.15, 0.2) is 12.7 Å². The first-order chi connectivity index (χ1) is 14.2. The second-order valence-electron chi connectivity index (χ2n) is 6.17. The van der Waals surface area contributed by atoms with E-state index >= 15 is 0 Å². The van der Waals surface area contributed by atoms with E-state index in [9.17, 15) is 18.6 Å². The molecule has 0 spiro atoms. The fourth-order valence-corrected chi connectivity index (χ4v) is 6.28. The molecule has 2 unspecified atom stereocenters. The number of phosphoric acid groups is 3. The summed E-state index contributed by atoms with van der Waals surface area (Å²) in [5.74, 6) is 0. The predicted octanol–water partition coefficient (Wildman–Crippen LogP) is 1.59. The molecule has 1 aliphatic rings. The Morgan fingerprint density at radius 1 is 1.13 bits per heavy atom. The first kappa shape index (κ1) is 25.1. The number of imidazole rings is 1. The lowest BCUT2D eigenvalue weighted by molar-refractivity contribution is 0.00520. The zero-order valence-electron chi connectivity index (χ0n) is 15.0. The van der Waals surface area contributed by atoms with E-state index < -0.39 is 47.7 Å². The summed E-state index contributed by atoms with van der Waals surface area (Å²) in [6.07, 6.45) is 1.54. The third kappa shape index (κ3) is 6.99. The normalized spacial score (nSPS) is 26.1. The van der Waals surface area contributed by atoms with Crippen LogP contribution < -0.4 is 0 Å². The van der Waals surface area contributed by atoms with Gasteiger partial charge in [0, 0.05) is 0 Å². The van der Waals surface area contributed by atoms with Gasteiger partial charge in [0.15, 0.2) is 10.8 Å². The zero-order chi connectivity index (χ0) is 23.0. The van der Waals surface area contributed by atoms with Gasteiger partial charge in [0.1, 0.15) is 11.8 Å². The monoisotopic (exact) mass is 542 g/mol. The number of phosphoric ester groups is 1. The van der Waals surface area contributed by atoms with Gasteiger partial charge in [-0.25, -0.2) is 28.6 Å². The fraction of sp³-hybridized carbons (Fsp3) is 0.545. The maximum absolute atomic E-state index is 11.8. The van der Waals surface area contributed by atoms with Gasteiger partial charge in [-0.2, -0.15) is 8.62 Å². The average molecular weight is 543 g/mol. The molecule has 4 N–H and O–H groups in total. The number of aromatic nitrogens is 4. The van der Waals surface area contributed by atoms with Crippen molar-refractivity contribution in [2.75, 3.05) is 6.61 Å². The first-order valence-electron chi connectivity index (χ1n) is 8.14. The maximum Gasteiger partial charge on any atom is 0.490 e. The van der Waals surface area contributed by atoms with Crippen LogP contribution in [0.5, 0.6) is 0 Å². The molecular weight excluding hydrogens is 528 g/mol. The van der Waals surface area contributed by atoms with Crippen molar-refractivity contribution in [2.24, 2.45) is 0 Å². The highest BCUT2D eigenvalue weighted by atomic mass is 35.5. The molecular formula is C11H15Cl2N4O11P3. The maximum atomic E-state index is 11.8. The number of fused-ring (bicyclic) bond motifs is 1. The Morgan fingerprint density at radius 2 is 1.84 bits per heavy atom. The molecule has 0 amide bonds. The summed E-state index contributed by atoms with van der Waals surface area (Å²) in [6.45, 7) is -0.369. The number of rotatable bonds is 9. The lowest BCUT2D eigenvalue weighted by atomic mass is 10.2. The van der Waals surface area contributed by atoms with Crippen molar-refractivity contribution >= 4 is 57.8 Å². The number of halogens is 2. The Labute approximate surface area is 183 Å². The van der Waals surface area contributed by atoms with Gasteiger partial charge < -0.3 is 28.9 Å². The number of nitrogens with zero attached hydrogens (tertiary/aromatic N) is 4. The van der Waals surface area contributed by atoms with Gasteiger partial charge in [-0.15, -0.1) is 11.6 Å². The van der Waals surface area contributed by atoms with Crippen LogP contribution in [0.3, 0.4) is 0 Å². The molecule has 5 atom stereocenters. The summed E-state index contributed by atoms with van der Waals surface area (Å²) in [5.41, 5.74) is 0.835. The van der Waals surface area contributed by atoms with Crippen molar-refractivity contribution in [3.05, 3.63) is 17.8 Å². The molecule has 3 heterocycles. The molecule has 31 heavy (non-hydrogen) atoms. The van der Waals surface area contributed by atoms with E-state index in [-0.39, 0.29) is 18.1 Å². The molecule has 1 fully saturated rings. The van der Waals surface area contributed by atoms with E-state index in [1.54, 1.807) is 4.57 Å². The molecule has 0 radical (unpaired) electrons. The van der Waals surface area contributed by atoms with Crippen molar-refractivity contribution in [1.29, 1.82) is 0 Å². The highest BCUT2D eigenvalue weighted by Gasteiger charge is 2.42. The molecule has 2 aromatic heterocycles. The number of alkyl halides is 1. The molecule has 20 heteroatoms. The Morgan fingerprint density at radius 3 is 2.52 bits per heavy atom. The number of hydrogen-bond acceptors (Lipinski definition) is 10. The van der Waals surface area contributed by atoms with E-state index in [0.717, 1.165) is 0 Å². The highest BCUT2D eigenvalue weighted by Crippen LogP contribution is 2.66. The first-order valence-corrected chi connectivity index (χ1v) is 13.5. The molecule has 0 aromatic carbocycles. The van der Waals surface area contributed by atoms with Crippen molar-refractivity contribution in [3.63, 3.8) is 0 Å². The van der Waals surface area contributed by atoms with Gasteiger partial charge in [-0.05, 0) is 6.42 Å². The van der Waals surface area contributed by atoms with E-state index in [0.29, 0.717) is 11.2 Å². The van der Waals surface area contributed by atoms with Crippen LogP contribution in [-0.4, -0.2) is 63.3 Å². The Bertz CT molecular complexity index is 1100. The van der Waals surface area contributed by atoms with Crippen molar-refractivity contribution in [2.45, 2.75) is 30.6 Å². The van der Waals surface area contributed by atoms with Crippen LogP contribution in [-0.2, 0) is 38.1 Å². The Balaban J connectivity index is 1.57. The van der Waals surface area contributed by atoms with Crippen molar-refractivity contribution in [3.8, 4) is 0 Å². The summed E-state index contributed by atoms with van der Waals surface area (Å²) < 4.78 is 52.9. The molecule has 174 valence electrons. The van der Waals surface area contributed by atoms with Crippen LogP contribution in [0.1, 0.15) is 6.42 Å². The van der Waals surface area contributed by atoms with E-state index in [4.69, 9.17) is 42.6 Å².